The summed E-state index contributed by atoms with van der Waals surface area (Å²) in [7, 11) is 1.46. The molecule has 0 aliphatic carbocycles. The van der Waals surface area contributed by atoms with Crippen LogP contribution in [0.2, 0.25) is 0 Å². The Morgan fingerprint density at radius 2 is 0.814 bits per heavy atom. The summed E-state index contributed by atoms with van der Waals surface area (Å²) in [6.45, 7) is 4.30. The van der Waals surface area contributed by atoms with E-state index in [1.807, 2.05) is 21.1 Å². The number of likely N-dealkylation sites (N-methyl/N-ethyl adjacent to an activating group) is 1. The minimum absolute atomic E-state index is 0.0257. The zero-order chi connectivity index (χ0) is 51.3. The minimum Gasteiger partial charge on any atom is -0.462 e. The number of ether oxygens (including phenoxy) is 2. The van der Waals surface area contributed by atoms with Crippen molar-refractivity contribution in [1.29, 1.82) is 0 Å². The first-order chi connectivity index (χ1) is 34.0. The molecule has 10 heteroatoms. The number of hydrogen-bond acceptors (Lipinski definition) is 7. The molecule has 0 aromatic carbocycles. The topological polar surface area (TPSA) is 108 Å². The van der Waals surface area contributed by atoms with E-state index in [1.54, 1.807) is 0 Å². The molecule has 2 unspecified atom stereocenters. The SMILES string of the molecule is CC/C=C\C/C=C\C/C=C\C/C=C\CCCCCCCCCCCCC(=O)OC(COC(=O)CCCCCCCCCC/C=C\C/C=C\C/C=C\CCCCCCC)COP(=O)(O)OCC[N+](C)(C)C. The first-order valence-electron chi connectivity index (χ1n) is 28.3. The lowest BCUT2D eigenvalue weighted by Crippen LogP contribution is -2.37. The van der Waals surface area contributed by atoms with Crippen LogP contribution in [0, 0.1) is 0 Å². The molecule has 2 atom stereocenters. The van der Waals surface area contributed by atoms with Gasteiger partial charge in [0.25, 0.3) is 0 Å². The number of unbranched alkanes of at least 4 members (excludes halogenated alkanes) is 23. The van der Waals surface area contributed by atoms with Crippen LogP contribution < -0.4 is 0 Å². The first-order valence-corrected chi connectivity index (χ1v) is 29.8. The molecule has 0 fully saturated rings. The molecule has 0 heterocycles. The average Bonchev–Trinajstić information content (AvgIpc) is 3.32. The Morgan fingerprint density at radius 3 is 1.21 bits per heavy atom. The lowest BCUT2D eigenvalue weighted by molar-refractivity contribution is -0.870. The Balaban J connectivity index is 4.23. The number of phosphoric acid groups is 1. The number of nitrogens with zero attached hydrogens (tertiary/aromatic N) is 1. The van der Waals surface area contributed by atoms with E-state index in [4.69, 9.17) is 18.5 Å². The van der Waals surface area contributed by atoms with Crippen LogP contribution in [-0.2, 0) is 32.7 Å². The highest BCUT2D eigenvalue weighted by Crippen LogP contribution is 2.43. The summed E-state index contributed by atoms with van der Waals surface area (Å²) in [6.07, 6.45) is 67.8. The number of allylic oxidation sites excluding steroid dienone is 14. The third kappa shape index (κ3) is 54.5. The highest BCUT2D eigenvalue weighted by Gasteiger charge is 2.27. The van der Waals surface area contributed by atoms with Gasteiger partial charge >= 0.3 is 19.8 Å². The van der Waals surface area contributed by atoms with Crippen LogP contribution in [0.5, 0.6) is 0 Å². The summed E-state index contributed by atoms with van der Waals surface area (Å²) >= 11 is 0. The van der Waals surface area contributed by atoms with Crippen molar-refractivity contribution in [3.05, 3.63) is 85.1 Å². The predicted molar refractivity (Wildman–Crippen MR) is 298 cm³/mol. The maximum absolute atomic E-state index is 12.8. The minimum atomic E-state index is -4.39. The van der Waals surface area contributed by atoms with E-state index < -0.39 is 26.5 Å². The van der Waals surface area contributed by atoms with E-state index >= 15 is 0 Å². The monoisotopic (exact) mass is 1000 g/mol. The Labute approximate surface area is 431 Å². The Kier molecular flexibility index (Phi) is 49.1. The molecular weight excluding hydrogens is 894 g/mol. The maximum atomic E-state index is 12.8. The van der Waals surface area contributed by atoms with E-state index in [1.165, 1.54) is 103 Å². The molecule has 0 aromatic rings. The number of hydrogen-bond donors (Lipinski definition) is 1. The van der Waals surface area contributed by atoms with Crippen molar-refractivity contribution in [3.8, 4) is 0 Å². The first kappa shape index (κ1) is 67.2. The predicted octanol–water partition coefficient (Wildman–Crippen LogP) is 17.5. The van der Waals surface area contributed by atoms with E-state index in [0.717, 1.165) is 96.3 Å². The molecule has 1 N–H and O–H groups in total. The van der Waals surface area contributed by atoms with E-state index in [2.05, 4.69) is 98.9 Å². The lowest BCUT2D eigenvalue weighted by Gasteiger charge is -2.24. The van der Waals surface area contributed by atoms with E-state index in [9.17, 15) is 19.0 Å². The molecule has 9 nitrogen and oxygen atoms in total. The Morgan fingerprint density at radius 1 is 0.457 bits per heavy atom. The lowest BCUT2D eigenvalue weighted by atomic mass is 10.0. The van der Waals surface area contributed by atoms with Gasteiger partial charge in [-0.3, -0.25) is 18.6 Å². The van der Waals surface area contributed by atoms with Gasteiger partial charge in [-0.1, -0.05) is 214 Å². The number of carbonyl (C=O) groups excluding carboxylic acids is 2. The number of quaternary nitrogens is 1. The van der Waals surface area contributed by atoms with Gasteiger partial charge in [-0.15, -0.1) is 0 Å². The van der Waals surface area contributed by atoms with Gasteiger partial charge in [-0.2, -0.15) is 0 Å². The Bertz CT molecular complexity index is 1460. The normalized spacial score (nSPS) is 14.0. The van der Waals surface area contributed by atoms with Crippen LogP contribution in [0.25, 0.3) is 0 Å². The van der Waals surface area contributed by atoms with Crippen molar-refractivity contribution < 1.29 is 42.1 Å². The van der Waals surface area contributed by atoms with Crippen molar-refractivity contribution in [2.24, 2.45) is 0 Å². The van der Waals surface area contributed by atoms with Gasteiger partial charge in [0.2, 0.25) is 0 Å². The molecule has 0 aliphatic heterocycles. The number of phosphoric ester groups is 1. The molecule has 404 valence electrons. The maximum Gasteiger partial charge on any atom is 0.472 e. The summed E-state index contributed by atoms with van der Waals surface area (Å²) in [4.78, 5) is 35.7. The third-order valence-corrected chi connectivity index (χ3v) is 12.9. The van der Waals surface area contributed by atoms with Crippen molar-refractivity contribution >= 4 is 19.8 Å². The standard InChI is InChI=1S/C60H106NO8P/c1-6-8-10-12-14-16-18-20-22-24-26-28-30-32-34-36-38-40-42-44-46-48-50-52-59(62)66-56-58(57-68-70(64,65)67-55-54-61(3,4)5)69-60(63)53-51-49-47-45-43-41-39-37-35-33-31-29-27-25-23-21-19-17-15-13-11-9-7-2/h9,11,15,17-18,20-21,23-24,26-27,29-30,32,58H,6-8,10,12-14,16,19,22,25,28,31,33-57H2,1-5H3/p+1/b11-9-,17-15-,20-18-,23-21-,26-24-,29-27-,32-30-. The smallest absolute Gasteiger partial charge is 0.462 e. The molecule has 0 aliphatic rings. The average molecular weight is 1000 g/mol. The largest absolute Gasteiger partial charge is 0.472 e. The highest BCUT2D eigenvalue weighted by atomic mass is 31.2. The molecule has 0 spiro atoms. The van der Waals surface area contributed by atoms with Gasteiger partial charge in [0.1, 0.15) is 19.8 Å². The summed E-state index contributed by atoms with van der Waals surface area (Å²) in [6, 6.07) is 0. The van der Waals surface area contributed by atoms with Crippen molar-refractivity contribution in [3.63, 3.8) is 0 Å². The molecule has 0 radical (unpaired) electrons. The zero-order valence-electron chi connectivity index (χ0n) is 45.7. The summed E-state index contributed by atoms with van der Waals surface area (Å²) in [5.41, 5.74) is 0. The second-order valence-electron chi connectivity index (χ2n) is 19.9. The van der Waals surface area contributed by atoms with Crippen LogP contribution in [0.1, 0.15) is 232 Å². The van der Waals surface area contributed by atoms with Gasteiger partial charge in [0.15, 0.2) is 6.10 Å². The molecule has 0 saturated carbocycles. The van der Waals surface area contributed by atoms with Gasteiger partial charge in [0, 0.05) is 12.8 Å². The highest BCUT2D eigenvalue weighted by molar-refractivity contribution is 7.47. The zero-order valence-corrected chi connectivity index (χ0v) is 46.6. The summed E-state index contributed by atoms with van der Waals surface area (Å²) in [5, 5.41) is 0. The van der Waals surface area contributed by atoms with E-state index in [0.29, 0.717) is 17.4 Å². The van der Waals surface area contributed by atoms with Gasteiger partial charge < -0.3 is 18.9 Å². The van der Waals surface area contributed by atoms with Crippen LogP contribution in [0.4, 0.5) is 0 Å². The van der Waals surface area contributed by atoms with Crippen molar-refractivity contribution in [2.45, 2.75) is 238 Å². The van der Waals surface area contributed by atoms with Crippen LogP contribution >= 0.6 is 7.82 Å². The molecule has 0 bridgehead atoms. The molecule has 0 rings (SSSR count). The molecule has 0 aromatic heterocycles. The molecular formula is C60H107NO8P+. The van der Waals surface area contributed by atoms with Gasteiger partial charge in [-0.05, 0) is 89.9 Å². The third-order valence-electron chi connectivity index (χ3n) is 11.9. The van der Waals surface area contributed by atoms with Gasteiger partial charge in [-0.25, -0.2) is 4.57 Å². The molecule has 70 heavy (non-hydrogen) atoms. The second kappa shape index (κ2) is 51.1. The number of esters is 2. The Hall–Kier alpha value is -2.81. The fraction of sp³-hybridized carbons (Fsp3) is 0.733. The molecule has 0 amide bonds. The fourth-order valence-corrected chi connectivity index (χ4v) is 8.28. The number of rotatable bonds is 51. The van der Waals surface area contributed by atoms with Crippen LogP contribution in [0.3, 0.4) is 0 Å². The second-order valence-corrected chi connectivity index (χ2v) is 21.4. The summed E-state index contributed by atoms with van der Waals surface area (Å²) in [5.74, 6) is -0.812. The van der Waals surface area contributed by atoms with Crippen molar-refractivity contribution in [1.82, 2.24) is 0 Å². The van der Waals surface area contributed by atoms with Crippen LogP contribution in [0.15, 0.2) is 85.1 Å². The van der Waals surface area contributed by atoms with Crippen molar-refractivity contribution in [2.75, 3.05) is 47.5 Å². The quantitative estimate of drug-likeness (QED) is 0.0211. The number of carbonyl (C=O) groups is 2. The van der Waals surface area contributed by atoms with Gasteiger partial charge in [0.05, 0.1) is 27.7 Å². The summed E-state index contributed by atoms with van der Waals surface area (Å²) < 4.78 is 34.5. The van der Waals surface area contributed by atoms with E-state index in [-0.39, 0.29) is 32.0 Å². The van der Waals surface area contributed by atoms with Crippen LogP contribution in [-0.4, -0.2) is 74.9 Å². The fourth-order valence-electron chi connectivity index (χ4n) is 7.54. The molecule has 0 saturated heterocycles.